The van der Waals surface area contributed by atoms with Crippen molar-refractivity contribution in [3.8, 4) is 0 Å². The zero-order valence-electron chi connectivity index (χ0n) is 8.12. The first kappa shape index (κ1) is 13.3. The van der Waals surface area contributed by atoms with E-state index in [1.165, 1.54) is 0 Å². The Hall–Kier alpha value is -0.750. The summed E-state index contributed by atoms with van der Waals surface area (Å²) in [5.41, 5.74) is -0.00318. The van der Waals surface area contributed by atoms with E-state index in [4.69, 9.17) is 10.7 Å². The molecular weight excluding hydrogens is 265 g/mol. The molecule has 0 aliphatic heterocycles. The fraction of sp³-hybridized carbons (Fsp3) is 0.333. The molecule has 0 N–H and O–H groups in total. The molecule has 90 valence electrons. The van der Waals surface area contributed by atoms with E-state index in [1.54, 1.807) is 0 Å². The summed E-state index contributed by atoms with van der Waals surface area (Å²) < 4.78 is 58.7. The molecule has 0 spiro atoms. The third-order valence-corrected chi connectivity index (χ3v) is 3.52. The summed E-state index contributed by atoms with van der Waals surface area (Å²) >= 11 is 0. The molecule has 7 heteroatoms. The van der Waals surface area contributed by atoms with Crippen LogP contribution in [0.3, 0.4) is 0 Å². The van der Waals surface area contributed by atoms with Gasteiger partial charge in [-0.2, -0.15) is 13.2 Å². The fourth-order valence-electron chi connectivity index (χ4n) is 1.11. The van der Waals surface area contributed by atoms with Gasteiger partial charge in [0.2, 0.25) is 0 Å². The van der Waals surface area contributed by atoms with Crippen LogP contribution in [0, 0.1) is 0 Å². The lowest BCUT2D eigenvalue weighted by molar-refractivity contribution is -0.146. The molecule has 0 amide bonds. The Labute approximate surface area is 95.5 Å². The molecule has 0 radical (unpaired) electrons. The van der Waals surface area contributed by atoms with Crippen molar-refractivity contribution in [2.45, 2.75) is 23.9 Å². The molecule has 0 aromatic heterocycles. The lowest BCUT2D eigenvalue weighted by Gasteiger charge is -2.15. The highest BCUT2D eigenvalue weighted by molar-refractivity contribution is 8.13. The van der Waals surface area contributed by atoms with Gasteiger partial charge >= 0.3 is 6.18 Å². The van der Waals surface area contributed by atoms with Crippen molar-refractivity contribution in [2.24, 2.45) is 0 Å². The zero-order chi connectivity index (χ0) is 12.6. The molecule has 1 atom stereocenters. The zero-order valence-corrected chi connectivity index (χ0v) is 9.70. The molecule has 0 heterocycles. The van der Waals surface area contributed by atoms with Gasteiger partial charge in [-0.1, -0.05) is 12.1 Å². The van der Waals surface area contributed by atoms with Crippen molar-refractivity contribution in [2.75, 3.05) is 0 Å². The Balaban J connectivity index is 3.05. The van der Waals surface area contributed by atoms with Crippen molar-refractivity contribution >= 4 is 19.7 Å². The predicted molar refractivity (Wildman–Crippen MR) is 54.0 cm³/mol. The standard InChI is InChI=1S/C9H8ClF3O2S/c1-6(9(11,12)13)7-2-4-8(5-3-7)16(10,14)15/h2-6H,1H3. The van der Waals surface area contributed by atoms with Crippen LogP contribution in [0.4, 0.5) is 13.2 Å². The van der Waals surface area contributed by atoms with Crippen LogP contribution in [0.2, 0.25) is 0 Å². The highest BCUT2D eigenvalue weighted by atomic mass is 35.7. The van der Waals surface area contributed by atoms with Crippen molar-refractivity contribution < 1.29 is 21.6 Å². The van der Waals surface area contributed by atoms with Gasteiger partial charge in [0.25, 0.3) is 9.05 Å². The summed E-state index contributed by atoms with van der Waals surface area (Å²) in [6.07, 6.45) is -4.35. The van der Waals surface area contributed by atoms with Crippen molar-refractivity contribution in [1.29, 1.82) is 0 Å². The molecule has 16 heavy (non-hydrogen) atoms. The van der Waals surface area contributed by atoms with Gasteiger partial charge in [-0.25, -0.2) is 8.42 Å². The van der Waals surface area contributed by atoms with E-state index >= 15 is 0 Å². The van der Waals surface area contributed by atoms with E-state index in [0.29, 0.717) is 0 Å². The summed E-state index contributed by atoms with van der Waals surface area (Å²) in [6.45, 7) is 1.00. The van der Waals surface area contributed by atoms with Crippen LogP contribution in [0.5, 0.6) is 0 Å². The summed E-state index contributed by atoms with van der Waals surface area (Å²) in [7, 11) is 1.14. The SMILES string of the molecule is CC(c1ccc(S(=O)(=O)Cl)cc1)C(F)(F)F. The molecule has 0 aliphatic rings. The lowest BCUT2D eigenvalue weighted by Crippen LogP contribution is -2.17. The lowest BCUT2D eigenvalue weighted by atomic mass is 10.0. The van der Waals surface area contributed by atoms with E-state index in [2.05, 4.69) is 0 Å². The largest absolute Gasteiger partial charge is 0.395 e. The summed E-state index contributed by atoms with van der Waals surface area (Å²) in [5.74, 6) is -1.64. The maximum Gasteiger partial charge on any atom is 0.395 e. The molecule has 0 saturated carbocycles. The van der Waals surface area contributed by atoms with Gasteiger partial charge in [-0.3, -0.25) is 0 Å². The third-order valence-electron chi connectivity index (χ3n) is 2.15. The number of rotatable bonds is 2. The summed E-state index contributed by atoms with van der Waals surface area (Å²) in [5, 5.41) is 0. The minimum atomic E-state index is -4.35. The smallest absolute Gasteiger partial charge is 0.207 e. The first-order valence-electron chi connectivity index (χ1n) is 4.23. The van der Waals surface area contributed by atoms with Crippen LogP contribution in [-0.4, -0.2) is 14.6 Å². The highest BCUT2D eigenvalue weighted by Crippen LogP contribution is 2.34. The molecule has 1 unspecified atom stereocenters. The molecule has 0 saturated heterocycles. The minimum Gasteiger partial charge on any atom is -0.207 e. The van der Waals surface area contributed by atoms with E-state index in [1.807, 2.05) is 0 Å². The topological polar surface area (TPSA) is 34.1 Å². The van der Waals surface area contributed by atoms with Gasteiger partial charge in [0.15, 0.2) is 0 Å². The molecule has 1 aromatic rings. The van der Waals surface area contributed by atoms with Gasteiger partial charge in [0, 0.05) is 10.7 Å². The number of benzene rings is 1. The molecule has 1 aromatic carbocycles. The van der Waals surface area contributed by atoms with Crippen LogP contribution in [-0.2, 0) is 9.05 Å². The van der Waals surface area contributed by atoms with Gasteiger partial charge in [0.1, 0.15) is 0 Å². The average Bonchev–Trinajstić information content (AvgIpc) is 2.14. The Bertz CT molecular complexity index is 465. The quantitative estimate of drug-likeness (QED) is 0.774. The number of hydrogen-bond acceptors (Lipinski definition) is 2. The summed E-state index contributed by atoms with van der Waals surface area (Å²) in [4.78, 5) is -0.215. The fourth-order valence-corrected chi connectivity index (χ4v) is 1.88. The van der Waals surface area contributed by atoms with Crippen LogP contribution >= 0.6 is 10.7 Å². The van der Waals surface area contributed by atoms with Gasteiger partial charge in [0.05, 0.1) is 10.8 Å². The van der Waals surface area contributed by atoms with Crippen molar-refractivity contribution in [3.05, 3.63) is 29.8 Å². The first-order chi connectivity index (χ1) is 7.12. The van der Waals surface area contributed by atoms with Crippen LogP contribution in [0.1, 0.15) is 18.4 Å². The molecule has 0 fully saturated rings. The molecule has 2 nitrogen and oxygen atoms in total. The van der Waals surface area contributed by atoms with Crippen LogP contribution in [0.15, 0.2) is 29.2 Å². The molecular formula is C9H8ClF3O2S. The number of halogens is 4. The van der Waals surface area contributed by atoms with E-state index in [0.717, 1.165) is 31.2 Å². The minimum absolute atomic E-state index is 0.00318. The Morgan fingerprint density at radius 2 is 1.62 bits per heavy atom. The average molecular weight is 273 g/mol. The maximum atomic E-state index is 12.3. The summed E-state index contributed by atoms with van der Waals surface area (Å²) in [6, 6.07) is 4.32. The van der Waals surface area contributed by atoms with Crippen LogP contribution in [0.25, 0.3) is 0 Å². The Morgan fingerprint density at radius 1 is 1.19 bits per heavy atom. The predicted octanol–water partition coefficient (Wildman–Crippen LogP) is 3.28. The van der Waals surface area contributed by atoms with Gasteiger partial charge in [-0.15, -0.1) is 0 Å². The van der Waals surface area contributed by atoms with Crippen LogP contribution < -0.4 is 0 Å². The van der Waals surface area contributed by atoms with E-state index in [-0.39, 0.29) is 10.5 Å². The monoisotopic (exact) mass is 272 g/mol. The molecule has 0 bridgehead atoms. The van der Waals surface area contributed by atoms with Crippen molar-refractivity contribution in [3.63, 3.8) is 0 Å². The Kier molecular flexibility index (Phi) is 3.54. The second-order valence-corrected chi connectivity index (χ2v) is 5.84. The van der Waals surface area contributed by atoms with Crippen molar-refractivity contribution in [1.82, 2.24) is 0 Å². The molecule has 0 aliphatic carbocycles. The van der Waals surface area contributed by atoms with Gasteiger partial charge in [-0.05, 0) is 24.6 Å². The normalized spacial score (nSPS) is 14.8. The second-order valence-electron chi connectivity index (χ2n) is 3.27. The second kappa shape index (κ2) is 4.25. The number of alkyl halides is 3. The Morgan fingerprint density at radius 3 is 1.94 bits per heavy atom. The van der Waals surface area contributed by atoms with Gasteiger partial charge < -0.3 is 0 Å². The third kappa shape index (κ3) is 3.12. The highest BCUT2D eigenvalue weighted by Gasteiger charge is 2.36. The van der Waals surface area contributed by atoms with E-state index in [9.17, 15) is 21.6 Å². The maximum absolute atomic E-state index is 12.3. The first-order valence-corrected chi connectivity index (χ1v) is 6.54. The molecule has 1 rings (SSSR count). The van der Waals surface area contributed by atoms with E-state index < -0.39 is 21.1 Å². The number of hydrogen-bond donors (Lipinski definition) is 0.